The highest BCUT2D eigenvalue weighted by Gasteiger charge is 2.43. The number of rotatable bonds is 2. The number of hydrogen-bond donors (Lipinski definition) is 1. The van der Waals surface area contributed by atoms with Gasteiger partial charge >= 0.3 is 0 Å². The van der Waals surface area contributed by atoms with Crippen LogP contribution in [-0.2, 0) is 10.8 Å². The molecule has 1 fully saturated rings. The summed E-state index contributed by atoms with van der Waals surface area (Å²) in [7, 11) is -0.932. The minimum atomic E-state index is -0.932. The second kappa shape index (κ2) is 4.62. The SMILES string of the molecule is C/C=C/[C@H]1[C@@H](C)[C@@H](C)[C@H](SO)S1=O. The van der Waals surface area contributed by atoms with Crippen LogP contribution >= 0.6 is 12.0 Å². The maximum absolute atomic E-state index is 11.8. The molecule has 1 aliphatic rings. The van der Waals surface area contributed by atoms with Gasteiger partial charge in [-0.05, 0) is 18.8 Å². The van der Waals surface area contributed by atoms with Gasteiger partial charge in [0.05, 0.1) is 5.25 Å². The molecule has 1 rings (SSSR count). The molecule has 4 heteroatoms. The van der Waals surface area contributed by atoms with Crippen LogP contribution in [0.25, 0.3) is 0 Å². The van der Waals surface area contributed by atoms with Crippen molar-refractivity contribution in [1.82, 2.24) is 0 Å². The van der Waals surface area contributed by atoms with Gasteiger partial charge in [0.1, 0.15) is 4.58 Å². The molecule has 0 aliphatic carbocycles. The zero-order chi connectivity index (χ0) is 10.0. The van der Waals surface area contributed by atoms with E-state index in [1.54, 1.807) is 0 Å². The molecule has 5 atom stereocenters. The van der Waals surface area contributed by atoms with Crippen molar-refractivity contribution in [3.63, 3.8) is 0 Å². The third-order valence-electron chi connectivity index (χ3n) is 2.76. The predicted octanol–water partition coefficient (Wildman–Crippen LogP) is 2.50. The van der Waals surface area contributed by atoms with Crippen LogP contribution in [0.5, 0.6) is 0 Å². The van der Waals surface area contributed by atoms with E-state index >= 15 is 0 Å². The largest absolute Gasteiger partial charge is 0.329 e. The molecule has 0 spiro atoms. The predicted molar refractivity (Wildman–Crippen MR) is 59.1 cm³/mol. The van der Waals surface area contributed by atoms with E-state index in [0.717, 1.165) is 12.0 Å². The van der Waals surface area contributed by atoms with Gasteiger partial charge in [0, 0.05) is 22.8 Å². The summed E-state index contributed by atoms with van der Waals surface area (Å²) in [6.45, 7) is 6.09. The van der Waals surface area contributed by atoms with Crippen molar-refractivity contribution in [2.75, 3.05) is 0 Å². The van der Waals surface area contributed by atoms with Crippen molar-refractivity contribution in [2.24, 2.45) is 11.8 Å². The van der Waals surface area contributed by atoms with Crippen LogP contribution in [-0.4, -0.2) is 18.6 Å². The fraction of sp³-hybridized carbons (Fsp3) is 0.778. The summed E-state index contributed by atoms with van der Waals surface area (Å²) in [5.41, 5.74) is 0. The molecule has 0 radical (unpaired) electrons. The van der Waals surface area contributed by atoms with Crippen LogP contribution in [0.3, 0.4) is 0 Å². The van der Waals surface area contributed by atoms with Crippen molar-refractivity contribution in [1.29, 1.82) is 0 Å². The monoisotopic (exact) mass is 220 g/mol. The molecule has 1 unspecified atom stereocenters. The maximum atomic E-state index is 11.8. The Morgan fingerprint density at radius 2 is 2.00 bits per heavy atom. The zero-order valence-corrected chi connectivity index (χ0v) is 9.77. The van der Waals surface area contributed by atoms with E-state index < -0.39 is 10.8 Å². The maximum Gasteiger partial charge on any atom is 0.109 e. The quantitative estimate of drug-likeness (QED) is 0.574. The van der Waals surface area contributed by atoms with Crippen LogP contribution < -0.4 is 0 Å². The van der Waals surface area contributed by atoms with Crippen LogP contribution in [0.2, 0.25) is 0 Å². The lowest BCUT2D eigenvalue weighted by Crippen LogP contribution is -2.14. The molecule has 1 N–H and O–H groups in total. The summed E-state index contributed by atoms with van der Waals surface area (Å²) in [5.74, 6) is 0.707. The summed E-state index contributed by atoms with van der Waals surface area (Å²) in [6.07, 6.45) is 3.93. The Kier molecular flexibility index (Phi) is 4.01. The van der Waals surface area contributed by atoms with Crippen molar-refractivity contribution in [3.8, 4) is 0 Å². The summed E-state index contributed by atoms with van der Waals surface area (Å²) in [4.78, 5) is 0. The fourth-order valence-corrected chi connectivity index (χ4v) is 4.83. The van der Waals surface area contributed by atoms with E-state index in [9.17, 15) is 4.21 Å². The molecule has 1 aliphatic heterocycles. The highest BCUT2D eigenvalue weighted by molar-refractivity contribution is 8.08. The van der Waals surface area contributed by atoms with E-state index in [1.165, 1.54) is 0 Å². The fourth-order valence-electron chi connectivity index (χ4n) is 1.71. The lowest BCUT2D eigenvalue weighted by molar-refractivity contribution is 0.447. The first-order valence-corrected chi connectivity index (χ1v) is 6.57. The van der Waals surface area contributed by atoms with Crippen LogP contribution in [0.4, 0.5) is 0 Å². The van der Waals surface area contributed by atoms with E-state index in [1.807, 2.05) is 19.1 Å². The second-order valence-electron chi connectivity index (χ2n) is 3.51. The van der Waals surface area contributed by atoms with Gasteiger partial charge in [-0.15, -0.1) is 0 Å². The van der Waals surface area contributed by atoms with Gasteiger partial charge in [0.15, 0.2) is 0 Å². The molecule has 76 valence electrons. The molecule has 0 aromatic heterocycles. The first-order valence-electron chi connectivity index (χ1n) is 4.46. The molecule has 0 aromatic carbocycles. The molecule has 0 saturated carbocycles. The molecule has 1 saturated heterocycles. The summed E-state index contributed by atoms with van der Waals surface area (Å²) >= 11 is 0.748. The van der Waals surface area contributed by atoms with Crippen LogP contribution in [0, 0.1) is 11.8 Å². The van der Waals surface area contributed by atoms with Gasteiger partial charge < -0.3 is 4.55 Å². The first-order chi connectivity index (χ1) is 6.13. The first kappa shape index (κ1) is 11.3. The lowest BCUT2D eigenvalue weighted by atomic mass is 9.94. The molecule has 0 bridgehead atoms. The van der Waals surface area contributed by atoms with Gasteiger partial charge in [-0.2, -0.15) is 0 Å². The Bertz CT molecular complexity index is 228. The Morgan fingerprint density at radius 3 is 2.38 bits per heavy atom. The van der Waals surface area contributed by atoms with Gasteiger partial charge in [-0.1, -0.05) is 26.0 Å². The van der Waals surface area contributed by atoms with Crippen LogP contribution in [0.1, 0.15) is 20.8 Å². The Labute approximate surface area is 86.5 Å². The average molecular weight is 220 g/mol. The smallest absolute Gasteiger partial charge is 0.109 e. The van der Waals surface area contributed by atoms with Gasteiger partial charge in [0.25, 0.3) is 0 Å². The van der Waals surface area contributed by atoms with Gasteiger partial charge in [-0.3, -0.25) is 4.21 Å². The van der Waals surface area contributed by atoms with Crippen molar-refractivity contribution in [3.05, 3.63) is 12.2 Å². The Morgan fingerprint density at radius 1 is 1.38 bits per heavy atom. The van der Waals surface area contributed by atoms with Crippen molar-refractivity contribution < 1.29 is 8.76 Å². The molecule has 0 amide bonds. The molecule has 1 heterocycles. The summed E-state index contributed by atoms with van der Waals surface area (Å²) in [5, 5.41) is 0.115. The third-order valence-corrected chi connectivity index (χ3v) is 6.23. The normalized spacial score (nSPS) is 46.0. The Balaban J connectivity index is 2.84. The van der Waals surface area contributed by atoms with E-state index in [4.69, 9.17) is 4.55 Å². The minimum absolute atomic E-state index is 0.115. The summed E-state index contributed by atoms with van der Waals surface area (Å²) in [6, 6.07) is 0. The average Bonchev–Trinajstić information content (AvgIpc) is 2.31. The summed E-state index contributed by atoms with van der Waals surface area (Å²) < 4.78 is 20.7. The third kappa shape index (κ3) is 2.00. The van der Waals surface area contributed by atoms with E-state index in [2.05, 4.69) is 13.8 Å². The lowest BCUT2D eigenvalue weighted by Gasteiger charge is -2.12. The topological polar surface area (TPSA) is 37.3 Å². The van der Waals surface area contributed by atoms with Gasteiger partial charge in [0.2, 0.25) is 0 Å². The van der Waals surface area contributed by atoms with E-state index in [-0.39, 0.29) is 9.83 Å². The standard InChI is InChI=1S/C9H16O2S2/c1-4-5-8-6(2)7(3)9(12-10)13(8)11/h4-10H,1-3H3/b5-4+/t6-,7+,8-,9+,13?/m0/s1. The molecular weight excluding hydrogens is 204 g/mol. The second-order valence-corrected chi connectivity index (χ2v) is 6.24. The van der Waals surface area contributed by atoms with Crippen molar-refractivity contribution >= 4 is 22.8 Å². The Hall–Kier alpha value is 0.200. The molecule has 13 heavy (non-hydrogen) atoms. The van der Waals surface area contributed by atoms with Crippen molar-refractivity contribution in [2.45, 2.75) is 30.6 Å². The van der Waals surface area contributed by atoms with E-state index in [0.29, 0.717) is 11.8 Å². The minimum Gasteiger partial charge on any atom is -0.329 e. The molecular formula is C9H16O2S2. The molecule has 2 nitrogen and oxygen atoms in total. The molecule has 0 aromatic rings. The number of allylic oxidation sites excluding steroid dienone is 1. The van der Waals surface area contributed by atoms with Crippen LogP contribution in [0.15, 0.2) is 12.2 Å². The number of hydrogen-bond acceptors (Lipinski definition) is 3. The zero-order valence-electron chi connectivity index (χ0n) is 8.14. The highest BCUT2D eigenvalue weighted by atomic mass is 32.2. The van der Waals surface area contributed by atoms with Gasteiger partial charge in [-0.25, -0.2) is 0 Å². The highest BCUT2D eigenvalue weighted by Crippen LogP contribution is 2.40.